The number of piperazine rings is 1. The molecule has 6 N–H and O–H groups in total. The van der Waals surface area contributed by atoms with Gasteiger partial charge in [0.05, 0.1) is 41.7 Å². The molecule has 3 saturated heterocycles. The Bertz CT molecular complexity index is 2770. The van der Waals surface area contributed by atoms with Crippen LogP contribution in [0.3, 0.4) is 0 Å². The van der Waals surface area contributed by atoms with Crippen molar-refractivity contribution < 1.29 is 24.3 Å². The lowest BCUT2D eigenvalue weighted by Crippen LogP contribution is -2.60. The molecule has 3 fully saturated rings. The Morgan fingerprint density at radius 2 is 1.73 bits per heavy atom. The van der Waals surface area contributed by atoms with Crippen molar-refractivity contribution in [2.24, 2.45) is 11.1 Å². The van der Waals surface area contributed by atoms with E-state index in [9.17, 15) is 24.3 Å². The van der Waals surface area contributed by atoms with Crippen LogP contribution in [0, 0.1) is 5.41 Å². The average Bonchev–Trinajstić information content (AvgIpc) is 3.91. The van der Waals surface area contributed by atoms with Crippen LogP contribution < -0.4 is 36.4 Å². The molecular formula is C53H68N12O5. The molecule has 4 amide bonds. The first-order valence-corrected chi connectivity index (χ1v) is 25.1. The summed E-state index contributed by atoms with van der Waals surface area (Å²) in [6.45, 7) is 21.7. The Morgan fingerprint density at radius 3 is 2.47 bits per heavy atom. The van der Waals surface area contributed by atoms with E-state index in [4.69, 9.17) is 10.7 Å². The van der Waals surface area contributed by atoms with Crippen LogP contribution in [-0.4, -0.2) is 129 Å². The van der Waals surface area contributed by atoms with Crippen molar-refractivity contribution in [3.05, 3.63) is 89.5 Å². The highest BCUT2D eigenvalue weighted by Gasteiger charge is 2.44. The fraction of sp³-hybridized carbons (Fsp3) is 0.509. The molecule has 0 bridgehead atoms. The van der Waals surface area contributed by atoms with Gasteiger partial charge in [0.2, 0.25) is 11.8 Å². The van der Waals surface area contributed by atoms with E-state index in [-0.39, 0.29) is 53.3 Å². The highest BCUT2D eigenvalue weighted by atomic mass is 16.3. The lowest BCUT2D eigenvalue weighted by molar-refractivity contribution is -0.119. The van der Waals surface area contributed by atoms with Gasteiger partial charge in [0, 0.05) is 86.7 Å². The second-order valence-electron chi connectivity index (χ2n) is 21.7. The number of benzene rings is 2. The number of nitrogens with zero attached hydrogens (tertiary/aromatic N) is 8. The SMILES string of the molecule is C=CC(=O)Nc1cc(Nc2nc(N3CCCC(N4CCn5c(cc6c5CC(C)(C)C6)C4=O)C3CO)cnc2C(N)=O)ccc1N1CCN(C2CCN(c3ccc4c(c3)NC(=O)C4(C)C)[C@H](C)C2)C[C@@H]1C. The predicted molar refractivity (Wildman–Crippen MR) is 273 cm³/mol. The minimum Gasteiger partial charge on any atom is -0.394 e. The number of carbonyl (C=O) groups is 4. The third-order valence-corrected chi connectivity index (χ3v) is 16.1. The van der Waals surface area contributed by atoms with E-state index in [1.165, 1.54) is 23.5 Å². The molecule has 2 aromatic heterocycles. The van der Waals surface area contributed by atoms with E-state index in [0.29, 0.717) is 48.9 Å². The minimum absolute atomic E-state index is 0.0127. The fourth-order valence-electron chi connectivity index (χ4n) is 12.5. The van der Waals surface area contributed by atoms with Crippen molar-refractivity contribution in [1.82, 2.24) is 24.3 Å². The number of amides is 4. The lowest BCUT2D eigenvalue weighted by atomic mass is 9.86. The van der Waals surface area contributed by atoms with E-state index in [0.717, 1.165) is 93.0 Å². The van der Waals surface area contributed by atoms with Crippen LogP contribution in [0.2, 0.25) is 0 Å². The van der Waals surface area contributed by atoms with Gasteiger partial charge in [-0.15, -0.1) is 0 Å². The smallest absolute Gasteiger partial charge is 0.271 e. The number of anilines is 7. The molecule has 0 radical (unpaired) electrons. The second kappa shape index (κ2) is 18.1. The largest absolute Gasteiger partial charge is 0.394 e. The van der Waals surface area contributed by atoms with Gasteiger partial charge in [-0.25, -0.2) is 9.97 Å². The molecule has 17 nitrogen and oxygen atoms in total. The summed E-state index contributed by atoms with van der Waals surface area (Å²) in [6.07, 6.45) is 8.19. The molecule has 10 rings (SSSR count). The molecule has 17 heteroatoms. The topological polar surface area (TPSA) is 198 Å². The maximum atomic E-state index is 14.2. The van der Waals surface area contributed by atoms with Gasteiger partial charge >= 0.3 is 0 Å². The number of rotatable bonds is 11. The number of aliphatic hydroxyl groups excluding tert-OH is 1. The average molecular weight is 953 g/mol. The molecule has 4 aromatic rings. The Labute approximate surface area is 410 Å². The van der Waals surface area contributed by atoms with E-state index in [2.05, 4.69) is 98.7 Å². The van der Waals surface area contributed by atoms with Crippen LogP contribution in [0.5, 0.6) is 0 Å². The highest BCUT2D eigenvalue weighted by molar-refractivity contribution is 6.06. The van der Waals surface area contributed by atoms with Crippen molar-refractivity contribution in [2.75, 3.05) is 76.5 Å². The van der Waals surface area contributed by atoms with Gasteiger partial charge in [-0.2, -0.15) is 0 Å². The van der Waals surface area contributed by atoms with Crippen LogP contribution in [-0.2, 0) is 34.4 Å². The quantitative estimate of drug-likeness (QED) is 0.116. The number of piperidine rings is 2. The van der Waals surface area contributed by atoms with Crippen LogP contribution in [0.15, 0.2) is 61.3 Å². The summed E-state index contributed by atoms with van der Waals surface area (Å²) in [6, 6.07) is 14.3. The maximum Gasteiger partial charge on any atom is 0.271 e. The summed E-state index contributed by atoms with van der Waals surface area (Å²) >= 11 is 0. The predicted octanol–water partition coefficient (Wildman–Crippen LogP) is 5.65. The van der Waals surface area contributed by atoms with Gasteiger partial charge in [-0.1, -0.05) is 26.5 Å². The van der Waals surface area contributed by atoms with Gasteiger partial charge in [0.25, 0.3) is 11.8 Å². The maximum absolute atomic E-state index is 14.2. The summed E-state index contributed by atoms with van der Waals surface area (Å²) in [5, 5.41) is 20.4. The normalized spacial score (nSPS) is 25.0. The number of primary amides is 1. The molecule has 3 unspecified atom stereocenters. The molecule has 6 aliphatic rings. The zero-order valence-electron chi connectivity index (χ0n) is 41.4. The second-order valence-corrected chi connectivity index (χ2v) is 21.7. The molecule has 370 valence electrons. The Hall–Kier alpha value is -6.46. The molecule has 7 heterocycles. The lowest BCUT2D eigenvalue weighted by Gasteiger charge is -2.48. The van der Waals surface area contributed by atoms with E-state index < -0.39 is 17.4 Å². The van der Waals surface area contributed by atoms with Crippen LogP contribution in [0.4, 0.5) is 40.1 Å². The minimum atomic E-state index is -0.764. The van der Waals surface area contributed by atoms with Crippen molar-refractivity contribution in [3.8, 4) is 0 Å². The fourth-order valence-corrected chi connectivity index (χ4v) is 12.5. The van der Waals surface area contributed by atoms with Crippen LogP contribution >= 0.6 is 0 Å². The first-order chi connectivity index (χ1) is 33.4. The first-order valence-electron chi connectivity index (χ1n) is 25.1. The summed E-state index contributed by atoms with van der Waals surface area (Å²) in [4.78, 5) is 73.3. The molecule has 0 saturated carbocycles. The van der Waals surface area contributed by atoms with Gasteiger partial charge in [-0.05, 0) is 125 Å². The Kier molecular flexibility index (Phi) is 12.2. The van der Waals surface area contributed by atoms with Crippen LogP contribution in [0.1, 0.15) is 105 Å². The third kappa shape index (κ3) is 8.43. The number of aliphatic hydroxyl groups is 1. The summed E-state index contributed by atoms with van der Waals surface area (Å²) in [5.41, 5.74) is 13.8. The molecule has 70 heavy (non-hydrogen) atoms. The van der Waals surface area contributed by atoms with Crippen molar-refractivity contribution in [1.29, 1.82) is 0 Å². The summed E-state index contributed by atoms with van der Waals surface area (Å²) in [7, 11) is 0. The van der Waals surface area contributed by atoms with E-state index in [1.54, 1.807) is 0 Å². The third-order valence-electron chi connectivity index (χ3n) is 16.1. The van der Waals surface area contributed by atoms with Crippen LogP contribution in [0.25, 0.3) is 0 Å². The highest BCUT2D eigenvalue weighted by Crippen LogP contribution is 2.43. The van der Waals surface area contributed by atoms with Crippen molar-refractivity contribution in [2.45, 2.75) is 122 Å². The number of nitrogens with two attached hydrogens (primary N) is 1. The number of hydrogen-bond donors (Lipinski definition) is 5. The number of fused-ring (bicyclic) bond motifs is 4. The number of carbonyl (C=O) groups excluding carboxylic acids is 4. The van der Waals surface area contributed by atoms with Crippen molar-refractivity contribution >= 4 is 63.7 Å². The molecular weight excluding hydrogens is 885 g/mol. The van der Waals surface area contributed by atoms with Crippen molar-refractivity contribution in [3.63, 3.8) is 0 Å². The van der Waals surface area contributed by atoms with Gasteiger partial charge in [-0.3, -0.25) is 24.1 Å². The van der Waals surface area contributed by atoms with Gasteiger partial charge < -0.3 is 51.0 Å². The zero-order chi connectivity index (χ0) is 49.4. The van der Waals surface area contributed by atoms with Gasteiger partial charge in [0.1, 0.15) is 11.5 Å². The molecule has 0 spiro atoms. The summed E-state index contributed by atoms with van der Waals surface area (Å²) in [5.74, 6) is -0.522. The first kappa shape index (κ1) is 47.2. The standard InChI is InChI=1S/C53H68N12O5/c1-8-46(67)57-39-24-34(11-14-40(39)62-19-18-60(29-32(62)3)35-15-17-61(31(2)22-35)36-12-13-37-38(25-36)58-51(70)53(37,6)7)56-49-47(48(54)68)55-28-45(59-49)64-16-9-10-41(44(64)30-66)65-21-20-63-42(50(65)69)23-33-26-52(4,5)27-43(33)63/h8,11-14,23-25,28,31-32,35,41,44,66H,1,9-10,15-22,26-27,29-30H2,2-7H3,(H2,54,68)(H,56,59)(H,57,67)(H,58,70)/t31-,32+,35?,41?,44?/m1/s1. The zero-order valence-corrected chi connectivity index (χ0v) is 41.4. The summed E-state index contributed by atoms with van der Waals surface area (Å²) < 4.78 is 2.21. The Balaban J connectivity index is 0.835. The Morgan fingerprint density at radius 1 is 0.929 bits per heavy atom. The molecule has 1 aliphatic carbocycles. The van der Waals surface area contributed by atoms with E-state index >= 15 is 0 Å². The molecule has 5 aliphatic heterocycles. The van der Waals surface area contributed by atoms with E-state index in [1.807, 2.05) is 41.8 Å². The van der Waals surface area contributed by atoms with Gasteiger partial charge in [0.15, 0.2) is 11.5 Å². The molecule has 5 atom stereocenters. The number of aromatic nitrogens is 3. The molecule has 2 aromatic carbocycles. The number of nitrogens with one attached hydrogen (secondary N) is 3. The number of hydrogen-bond acceptors (Lipinski definition) is 12. The monoisotopic (exact) mass is 953 g/mol.